The van der Waals surface area contributed by atoms with E-state index < -0.39 is 12.2 Å². The number of fused-ring (bicyclic) bond motifs is 1. The molecule has 0 spiro atoms. The van der Waals surface area contributed by atoms with Gasteiger partial charge in [0.1, 0.15) is 0 Å². The molecule has 0 saturated carbocycles. The number of amides is 1. The van der Waals surface area contributed by atoms with Crippen molar-refractivity contribution in [1.29, 1.82) is 0 Å². The molecule has 0 aliphatic carbocycles. The standard InChI is InChI=1S/C11H11NO3S2/c13-6-4-12(5-7(6)14)11(15)10-3-9-8(17-10)1-2-16-9/h1-3,6-7,13-14H,4-5H2. The van der Waals surface area contributed by atoms with E-state index in [2.05, 4.69) is 0 Å². The fourth-order valence-electron chi connectivity index (χ4n) is 1.96. The molecule has 1 fully saturated rings. The molecule has 2 N–H and O–H groups in total. The molecule has 1 aliphatic heterocycles. The van der Waals surface area contributed by atoms with Crippen LogP contribution in [0.1, 0.15) is 9.67 Å². The molecule has 1 amide bonds. The summed E-state index contributed by atoms with van der Waals surface area (Å²) in [6, 6.07) is 3.87. The Hall–Kier alpha value is -0.950. The van der Waals surface area contributed by atoms with Crippen molar-refractivity contribution in [3.05, 3.63) is 22.4 Å². The van der Waals surface area contributed by atoms with E-state index in [4.69, 9.17) is 0 Å². The molecule has 6 heteroatoms. The van der Waals surface area contributed by atoms with Crippen molar-refractivity contribution in [2.75, 3.05) is 13.1 Å². The Morgan fingerprint density at radius 3 is 2.65 bits per heavy atom. The zero-order valence-corrected chi connectivity index (χ0v) is 10.5. The molecule has 2 aromatic rings. The predicted molar refractivity (Wildman–Crippen MR) is 67.6 cm³/mol. The summed E-state index contributed by atoms with van der Waals surface area (Å²) in [5, 5.41) is 20.8. The Labute approximate surface area is 106 Å². The van der Waals surface area contributed by atoms with Gasteiger partial charge in [-0.1, -0.05) is 0 Å². The average molecular weight is 269 g/mol. The Bertz CT molecular complexity index is 523. The zero-order valence-electron chi connectivity index (χ0n) is 8.87. The van der Waals surface area contributed by atoms with E-state index in [0.717, 1.165) is 9.40 Å². The molecular formula is C11H11NO3S2. The molecule has 0 bridgehead atoms. The second-order valence-electron chi connectivity index (χ2n) is 4.10. The fourth-order valence-corrected chi connectivity index (χ4v) is 4.04. The van der Waals surface area contributed by atoms with E-state index >= 15 is 0 Å². The number of rotatable bonds is 1. The van der Waals surface area contributed by atoms with E-state index in [0.29, 0.717) is 4.88 Å². The molecule has 17 heavy (non-hydrogen) atoms. The van der Waals surface area contributed by atoms with Crippen molar-refractivity contribution >= 4 is 38.0 Å². The number of carbonyl (C=O) groups is 1. The number of carbonyl (C=O) groups excluding carboxylic acids is 1. The first-order valence-corrected chi connectivity index (χ1v) is 6.97. The molecule has 0 radical (unpaired) electrons. The summed E-state index contributed by atoms with van der Waals surface area (Å²) in [6.45, 7) is 0.428. The van der Waals surface area contributed by atoms with Crippen LogP contribution in [0.2, 0.25) is 0 Å². The lowest BCUT2D eigenvalue weighted by atomic mass is 10.3. The zero-order chi connectivity index (χ0) is 12.0. The maximum Gasteiger partial charge on any atom is 0.264 e. The highest BCUT2D eigenvalue weighted by Crippen LogP contribution is 2.31. The average Bonchev–Trinajstić information content (AvgIpc) is 2.92. The van der Waals surface area contributed by atoms with Gasteiger partial charge in [-0.15, -0.1) is 22.7 Å². The number of aliphatic hydroxyl groups excluding tert-OH is 2. The number of hydrogen-bond acceptors (Lipinski definition) is 5. The maximum absolute atomic E-state index is 12.1. The quantitative estimate of drug-likeness (QED) is 0.816. The third kappa shape index (κ3) is 1.87. The van der Waals surface area contributed by atoms with Crippen LogP contribution in [-0.4, -0.2) is 46.3 Å². The van der Waals surface area contributed by atoms with Crippen LogP contribution in [0.25, 0.3) is 9.40 Å². The molecule has 4 nitrogen and oxygen atoms in total. The summed E-state index contributed by atoms with van der Waals surface area (Å²) >= 11 is 3.07. The van der Waals surface area contributed by atoms with Crippen LogP contribution >= 0.6 is 22.7 Å². The molecule has 3 heterocycles. The van der Waals surface area contributed by atoms with E-state index in [1.165, 1.54) is 16.2 Å². The number of nitrogens with zero attached hydrogens (tertiary/aromatic N) is 1. The summed E-state index contributed by atoms with van der Waals surface area (Å²) in [7, 11) is 0. The summed E-state index contributed by atoms with van der Waals surface area (Å²) in [5.74, 6) is -0.103. The van der Waals surface area contributed by atoms with Gasteiger partial charge in [0.15, 0.2) is 0 Å². The van der Waals surface area contributed by atoms with Crippen LogP contribution in [0.4, 0.5) is 0 Å². The monoisotopic (exact) mass is 269 g/mol. The van der Waals surface area contributed by atoms with Gasteiger partial charge in [-0.05, 0) is 17.5 Å². The van der Waals surface area contributed by atoms with Crippen molar-refractivity contribution in [3.63, 3.8) is 0 Å². The maximum atomic E-state index is 12.1. The lowest BCUT2D eigenvalue weighted by Crippen LogP contribution is -2.29. The summed E-state index contributed by atoms with van der Waals surface area (Å²) in [4.78, 5) is 14.3. The van der Waals surface area contributed by atoms with Crippen LogP contribution < -0.4 is 0 Å². The summed E-state index contributed by atoms with van der Waals surface area (Å²) in [6.07, 6.45) is -1.64. The normalized spacial score (nSPS) is 24.7. The van der Waals surface area contributed by atoms with Crippen molar-refractivity contribution in [2.45, 2.75) is 12.2 Å². The minimum absolute atomic E-state index is 0.103. The number of hydrogen-bond donors (Lipinski definition) is 2. The number of aliphatic hydroxyl groups is 2. The van der Waals surface area contributed by atoms with E-state index in [1.54, 1.807) is 11.3 Å². The molecule has 2 aromatic heterocycles. The minimum Gasteiger partial charge on any atom is -0.388 e. The molecule has 2 atom stereocenters. The van der Waals surface area contributed by atoms with Gasteiger partial charge in [0.25, 0.3) is 5.91 Å². The first kappa shape index (κ1) is 11.2. The molecule has 3 rings (SSSR count). The first-order valence-electron chi connectivity index (χ1n) is 5.27. The van der Waals surface area contributed by atoms with Gasteiger partial charge in [-0.3, -0.25) is 4.79 Å². The summed E-state index contributed by atoms with van der Waals surface area (Å²) in [5.41, 5.74) is 0. The van der Waals surface area contributed by atoms with Gasteiger partial charge in [0.2, 0.25) is 0 Å². The third-order valence-electron chi connectivity index (χ3n) is 2.90. The molecule has 90 valence electrons. The van der Waals surface area contributed by atoms with Gasteiger partial charge < -0.3 is 15.1 Å². The van der Waals surface area contributed by atoms with E-state index in [1.807, 2.05) is 17.5 Å². The number of thiophene rings is 2. The lowest BCUT2D eigenvalue weighted by molar-refractivity contribution is 0.0572. The second kappa shape index (κ2) is 4.06. The SMILES string of the molecule is O=C(c1cc2sccc2s1)N1CC(O)C(O)C1. The lowest BCUT2D eigenvalue weighted by Gasteiger charge is -2.13. The number of likely N-dealkylation sites (tertiary alicyclic amines) is 1. The third-order valence-corrected chi connectivity index (χ3v) is 4.98. The first-order chi connectivity index (χ1) is 8.15. The Balaban J connectivity index is 1.85. The highest BCUT2D eigenvalue weighted by molar-refractivity contribution is 7.27. The Morgan fingerprint density at radius 2 is 2.00 bits per heavy atom. The highest BCUT2D eigenvalue weighted by Gasteiger charge is 2.33. The van der Waals surface area contributed by atoms with Crippen molar-refractivity contribution < 1.29 is 15.0 Å². The van der Waals surface area contributed by atoms with Crippen molar-refractivity contribution in [3.8, 4) is 0 Å². The van der Waals surface area contributed by atoms with Gasteiger partial charge >= 0.3 is 0 Å². The van der Waals surface area contributed by atoms with Crippen LogP contribution in [0.15, 0.2) is 17.5 Å². The van der Waals surface area contributed by atoms with Crippen molar-refractivity contribution in [2.24, 2.45) is 0 Å². The minimum atomic E-state index is -0.819. The molecular weight excluding hydrogens is 258 g/mol. The highest BCUT2D eigenvalue weighted by atomic mass is 32.1. The topological polar surface area (TPSA) is 60.8 Å². The van der Waals surface area contributed by atoms with Gasteiger partial charge in [0.05, 0.1) is 17.1 Å². The van der Waals surface area contributed by atoms with E-state index in [-0.39, 0.29) is 19.0 Å². The smallest absolute Gasteiger partial charge is 0.264 e. The molecule has 1 saturated heterocycles. The molecule has 0 aromatic carbocycles. The second-order valence-corrected chi connectivity index (χ2v) is 6.14. The summed E-state index contributed by atoms with van der Waals surface area (Å²) < 4.78 is 2.22. The van der Waals surface area contributed by atoms with Gasteiger partial charge in [-0.2, -0.15) is 0 Å². The molecule has 1 aliphatic rings. The number of β-amino-alcohol motifs (C(OH)–C–C–N with tert-alkyl or cyclic N) is 2. The van der Waals surface area contributed by atoms with E-state index in [9.17, 15) is 15.0 Å². The molecule has 2 unspecified atom stereocenters. The largest absolute Gasteiger partial charge is 0.388 e. The van der Waals surface area contributed by atoms with Gasteiger partial charge in [0, 0.05) is 22.5 Å². The van der Waals surface area contributed by atoms with Gasteiger partial charge in [-0.25, -0.2) is 0 Å². The fraction of sp³-hybridized carbons (Fsp3) is 0.364. The van der Waals surface area contributed by atoms with Crippen LogP contribution in [0.3, 0.4) is 0 Å². The van der Waals surface area contributed by atoms with Crippen LogP contribution in [0.5, 0.6) is 0 Å². The Morgan fingerprint density at radius 1 is 1.29 bits per heavy atom. The Kier molecular flexibility index (Phi) is 2.67. The van der Waals surface area contributed by atoms with Crippen LogP contribution in [0, 0.1) is 0 Å². The van der Waals surface area contributed by atoms with Crippen molar-refractivity contribution in [1.82, 2.24) is 4.90 Å². The predicted octanol–water partition coefficient (Wildman–Crippen LogP) is 1.14. The van der Waals surface area contributed by atoms with Crippen LogP contribution in [-0.2, 0) is 0 Å².